The molecule has 158 valence electrons. The van der Waals surface area contributed by atoms with Crippen LogP contribution in [0.3, 0.4) is 0 Å². The Bertz CT molecular complexity index is 813. The first-order valence-electron chi connectivity index (χ1n) is 9.41. The summed E-state index contributed by atoms with van der Waals surface area (Å²) >= 11 is 0. The Morgan fingerprint density at radius 3 is 2.45 bits per heavy atom. The largest absolute Gasteiger partial charge is 0.573 e. The number of likely N-dealkylation sites (tertiary alicyclic amines) is 1. The van der Waals surface area contributed by atoms with Crippen molar-refractivity contribution in [2.45, 2.75) is 44.9 Å². The highest BCUT2D eigenvalue weighted by Gasteiger charge is 2.31. The van der Waals surface area contributed by atoms with Gasteiger partial charge in [-0.25, -0.2) is 0 Å². The van der Waals surface area contributed by atoms with E-state index in [0.717, 1.165) is 38.1 Å². The Kier molecular flexibility index (Phi) is 6.41. The average molecular weight is 412 g/mol. The number of aromatic nitrogens is 2. The number of nitrogens with zero attached hydrogens (tertiary/aromatic N) is 3. The van der Waals surface area contributed by atoms with Crippen LogP contribution >= 0.6 is 0 Å². The second-order valence-corrected chi connectivity index (χ2v) is 7.30. The number of piperidine rings is 1. The lowest BCUT2D eigenvalue weighted by Crippen LogP contribution is -2.38. The molecule has 1 aromatic heterocycles. The molecule has 1 saturated heterocycles. The molecule has 2 aromatic rings. The second-order valence-electron chi connectivity index (χ2n) is 7.30. The highest BCUT2D eigenvalue weighted by atomic mass is 19.4. The number of amides is 1. The number of carbonyl (C=O) groups excluding carboxylic acids is 1. The van der Waals surface area contributed by atoms with E-state index in [-0.39, 0.29) is 30.0 Å². The Morgan fingerprint density at radius 2 is 1.90 bits per heavy atom. The van der Waals surface area contributed by atoms with E-state index in [2.05, 4.69) is 20.3 Å². The molecule has 2 heterocycles. The zero-order valence-electron chi connectivity index (χ0n) is 16.2. The number of benzene rings is 1. The highest BCUT2D eigenvalue weighted by Crippen LogP contribution is 2.28. The third-order valence-corrected chi connectivity index (χ3v) is 4.63. The molecule has 0 aliphatic carbocycles. The van der Waals surface area contributed by atoms with Crippen molar-refractivity contribution in [1.29, 1.82) is 0 Å². The predicted molar refractivity (Wildman–Crippen MR) is 98.6 cm³/mol. The maximum Gasteiger partial charge on any atom is 0.573 e. The van der Waals surface area contributed by atoms with Crippen LogP contribution in [0.15, 0.2) is 28.7 Å². The van der Waals surface area contributed by atoms with Gasteiger partial charge in [0.25, 0.3) is 0 Å². The summed E-state index contributed by atoms with van der Waals surface area (Å²) in [5.41, 5.74) is 0.409. The molecule has 1 fully saturated rings. The first-order chi connectivity index (χ1) is 13.7. The van der Waals surface area contributed by atoms with Crippen LogP contribution in [0.25, 0.3) is 0 Å². The van der Waals surface area contributed by atoms with Crippen molar-refractivity contribution in [2.24, 2.45) is 0 Å². The van der Waals surface area contributed by atoms with Crippen LogP contribution in [0.5, 0.6) is 5.75 Å². The summed E-state index contributed by atoms with van der Waals surface area (Å²) in [5.74, 6) is 1.10. The van der Waals surface area contributed by atoms with Crippen molar-refractivity contribution in [2.75, 3.05) is 25.0 Å². The summed E-state index contributed by atoms with van der Waals surface area (Å²) in [6, 6.07) is 5.05. The van der Waals surface area contributed by atoms with Gasteiger partial charge in [0.2, 0.25) is 17.7 Å². The molecular weight excluding hydrogens is 389 g/mol. The summed E-state index contributed by atoms with van der Waals surface area (Å²) < 4.78 is 46.0. The van der Waals surface area contributed by atoms with Gasteiger partial charge in [-0.3, -0.25) is 9.69 Å². The monoisotopic (exact) mass is 412 g/mol. The highest BCUT2D eigenvalue weighted by molar-refractivity contribution is 5.92. The molecule has 1 aliphatic rings. The molecule has 1 amide bonds. The Balaban J connectivity index is 1.44. The Morgan fingerprint density at radius 1 is 1.24 bits per heavy atom. The van der Waals surface area contributed by atoms with E-state index >= 15 is 0 Å². The molecule has 1 N–H and O–H groups in total. The molecule has 7 nitrogen and oxygen atoms in total. The number of halogens is 3. The summed E-state index contributed by atoms with van der Waals surface area (Å²) in [5, 5.41) is 10.9. The molecule has 0 radical (unpaired) electrons. The first kappa shape index (κ1) is 21.1. The molecule has 10 heteroatoms. The maximum atomic E-state index is 12.2. The van der Waals surface area contributed by atoms with Gasteiger partial charge in [-0.1, -0.05) is 13.8 Å². The van der Waals surface area contributed by atoms with Crippen LogP contribution in [-0.4, -0.2) is 47.0 Å². The third kappa shape index (κ3) is 6.18. The average Bonchev–Trinajstić information content (AvgIpc) is 3.13. The van der Waals surface area contributed by atoms with Crippen LogP contribution in [0.1, 0.15) is 50.3 Å². The fourth-order valence-corrected chi connectivity index (χ4v) is 3.13. The fraction of sp³-hybridized carbons (Fsp3) is 0.526. The number of ether oxygens (including phenoxy) is 1. The number of hydrogen-bond donors (Lipinski definition) is 1. The topological polar surface area (TPSA) is 80.5 Å². The van der Waals surface area contributed by atoms with Gasteiger partial charge < -0.3 is 14.5 Å². The Hall–Kier alpha value is -2.62. The number of carbonyl (C=O) groups is 1. The predicted octanol–water partition coefficient (Wildman–Crippen LogP) is 3.91. The molecule has 0 bridgehead atoms. The summed E-state index contributed by atoms with van der Waals surface area (Å²) in [6.45, 7) is 5.63. The van der Waals surface area contributed by atoms with Gasteiger partial charge in [-0.15, -0.1) is 23.4 Å². The van der Waals surface area contributed by atoms with Gasteiger partial charge >= 0.3 is 6.36 Å². The number of nitrogens with one attached hydrogen (secondary N) is 1. The number of rotatable bonds is 6. The second kappa shape index (κ2) is 8.81. The van der Waals surface area contributed by atoms with Gasteiger partial charge in [0, 0.05) is 17.5 Å². The number of alkyl halides is 3. The van der Waals surface area contributed by atoms with Crippen molar-refractivity contribution in [3.8, 4) is 5.75 Å². The molecule has 0 atom stereocenters. The molecule has 1 aliphatic heterocycles. The van der Waals surface area contributed by atoms with Gasteiger partial charge in [0.15, 0.2) is 0 Å². The lowest BCUT2D eigenvalue weighted by atomic mass is 9.97. The summed E-state index contributed by atoms with van der Waals surface area (Å²) in [4.78, 5) is 14.2. The van der Waals surface area contributed by atoms with Crippen LogP contribution in [0, 0.1) is 0 Å². The van der Waals surface area contributed by atoms with Crippen LogP contribution in [0.4, 0.5) is 18.9 Å². The maximum absolute atomic E-state index is 12.2. The molecule has 29 heavy (non-hydrogen) atoms. The zero-order chi connectivity index (χ0) is 21.0. The van der Waals surface area contributed by atoms with Crippen LogP contribution in [0.2, 0.25) is 0 Å². The number of anilines is 1. The molecule has 0 saturated carbocycles. The van der Waals surface area contributed by atoms with Crippen molar-refractivity contribution < 1.29 is 27.1 Å². The molecule has 0 spiro atoms. The minimum absolute atomic E-state index is 0.189. The van der Waals surface area contributed by atoms with Crippen LogP contribution < -0.4 is 10.1 Å². The zero-order valence-corrected chi connectivity index (χ0v) is 16.2. The van der Waals surface area contributed by atoms with Crippen molar-refractivity contribution in [3.63, 3.8) is 0 Å². The number of hydrogen-bond acceptors (Lipinski definition) is 6. The van der Waals surface area contributed by atoms with E-state index in [4.69, 9.17) is 4.42 Å². The Labute approximate surface area is 166 Å². The normalized spacial score (nSPS) is 16.2. The quantitative estimate of drug-likeness (QED) is 0.775. The van der Waals surface area contributed by atoms with Crippen molar-refractivity contribution in [1.82, 2.24) is 15.1 Å². The fourth-order valence-electron chi connectivity index (χ4n) is 3.13. The van der Waals surface area contributed by atoms with Gasteiger partial charge in [0.05, 0.1) is 6.54 Å². The first-order valence-corrected chi connectivity index (χ1v) is 9.41. The lowest BCUT2D eigenvalue weighted by Gasteiger charge is -2.29. The van der Waals surface area contributed by atoms with E-state index in [1.807, 2.05) is 18.7 Å². The van der Waals surface area contributed by atoms with Gasteiger partial charge in [-0.2, -0.15) is 0 Å². The minimum Gasteiger partial charge on any atom is -0.425 e. The molecule has 3 rings (SSSR count). The van der Waals surface area contributed by atoms with Gasteiger partial charge in [-0.05, 0) is 50.2 Å². The summed E-state index contributed by atoms with van der Waals surface area (Å²) in [6.07, 6.45) is -3.11. The standard InChI is InChI=1S/C19H23F3N4O3/c1-12(2)17-24-25-18(28-17)13-7-9-26(10-8-13)11-16(27)23-14-3-5-15(6-4-14)29-19(20,21)22/h3-6,12-13H,7-11H2,1-2H3,(H,23,27). The third-order valence-electron chi connectivity index (χ3n) is 4.63. The van der Waals surface area contributed by atoms with E-state index in [9.17, 15) is 18.0 Å². The summed E-state index contributed by atoms with van der Waals surface area (Å²) in [7, 11) is 0. The molecule has 0 unspecified atom stereocenters. The van der Waals surface area contributed by atoms with Crippen molar-refractivity contribution >= 4 is 11.6 Å². The molecular formula is C19H23F3N4O3. The van der Waals surface area contributed by atoms with E-state index in [0.29, 0.717) is 17.5 Å². The van der Waals surface area contributed by atoms with E-state index < -0.39 is 6.36 Å². The van der Waals surface area contributed by atoms with Gasteiger partial charge in [0.1, 0.15) is 5.75 Å². The van der Waals surface area contributed by atoms with E-state index in [1.165, 1.54) is 12.1 Å². The van der Waals surface area contributed by atoms with Crippen molar-refractivity contribution in [3.05, 3.63) is 36.0 Å². The SMILES string of the molecule is CC(C)c1nnc(C2CCN(CC(=O)Nc3ccc(OC(F)(F)F)cc3)CC2)o1. The smallest absolute Gasteiger partial charge is 0.425 e. The lowest BCUT2D eigenvalue weighted by molar-refractivity contribution is -0.274. The minimum atomic E-state index is -4.74. The van der Waals surface area contributed by atoms with E-state index in [1.54, 1.807) is 0 Å². The van der Waals surface area contributed by atoms with Crippen LogP contribution in [-0.2, 0) is 4.79 Å². The molecule has 1 aromatic carbocycles.